The van der Waals surface area contributed by atoms with Crippen molar-refractivity contribution in [2.24, 2.45) is 0 Å². The van der Waals surface area contributed by atoms with Crippen LogP contribution in [0, 0.1) is 0 Å². The van der Waals surface area contributed by atoms with Gasteiger partial charge < -0.3 is 66.2 Å². The van der Waals surface area contributed by atoms with Crippen molar-refractivity contribution in [1.29, 1.82) is 0 Å². The zero-order valence-electron chi connectivity index (χ0n) is 76.0. The highest BCUT2D eigenvalue weighted by atomic mass is 35.5. The van der Waals surface area contributed by atoms with Crippen LogP contribution >= 0.6 is 34.8 Å². The van der Waals surface area contributed by atoms with Crippen molar-refractivity contribution in [3.05, 3.63) is 363 Å². The third-order valence-corrected chi connectivity index (χ3v) is 26.2. The normalized spacial score (nSPS) is 18.5. The van der Waals surface area contributed by atoms with Crippen LogP contribution < -0.4 is 37.2 Å². The number of pyridine rings is 1. The molecule has 9 aromatic carbocycles. The average Bonchev–Trinajstić information content (AvgIpc) is 1.81. The fourth-order valence-corrected chi connectivity index (χ4v) is 18.4. The van der Waals surface area contributed by atoms with Crippen LogP contribution in [0.5, 0.6) is 0 Å². The molecule has 0 spiro atoms. The minimum absolute atomic E-state index is 0.00551. The number of carbonyl (C=O) groups is 8. The summed E-state index contributed by atoms with van der Waals surface area (Å²) < 4.78 is 5.44. The minimum atomic E-state index is -0.782. The Kier molecular flexibility index (Phi) is 37.2. The Hall–Kier alpha value is -12.7. The van der Waals surface area contributed by atoms with Crippen molar-refractivity contribution in [2.75, 3.05) is 96.9 Å². The Labute approximate surface area is 806 Å². The second-order valence-electron chi connectivity index (χ2n) is 34.9. The maximum absolute atomic E-state index is 14.2. The Morgan fingerprint density at radius 2 is 0.785 bits per heavy atom. The zero-order valence-corrected chi connectivity index (χ0v) is 78.2. The molecule has 0 bridgehead atoms. The molecule has 0 aliphatic carbocycles. The van der Waals surface area contributed by atoms with Gasteiger partial charge in [0.05, 0.1) is 31.0 Å². The van der Waals surface area contributed by atoms with Gasteiger partial charge in [-0.25, -0.2) is 4.98 Å². The molecule has 16 rings (SSSR count). The van der Waals surface area contributed by atoms with Crippen molar-refractivity contribution in [3.8, 4) is 11.3 Å². The van der Waals surface area contributed by atoms with E-state index in [2.05, 4.69) is 149 Å². The molecule has 11 aromatic rings. The van der Waals surface area contributed by atoms with Crippen LogP contribution in [0.25, 0.3) is 23.5 Å². The number of benzene rings is 9. The predicted molar refractivity (Wildman–Crippen MR) is 534 cm³/mol. The van der Waals surface area contributed by atoms with Gasteiger partial charge in [-0.1, -0.05) is 259 Å². The van der Waals surface area contributed by atoms with Gasteiger partial charge in [0.2, 0.25) is 41.4 Å². The number of carbonyl (C=O) groups excluding carboxylic acids is 8. The van der Waals surface area contributed by atoms with Gasteiger partial charge in [0.15, 0.2) is 11.5 Å². The van der Waals surface area contributed by atoms with Crippen LogP contribution in [0.4, 0.5) is 5.82 Å². The van der Waals surface area contributed by atoms with E-state index in [9.17, 15) is 38.4 Å². The molecule has 0 radical (unpaired) electrons. The molecule has 2 aromatic heterocycles. The van der Waals surface area contributed by atoms with Gasteiger partial charge in [-0.05, 0) is 188 Å². The molecule has 23 nitrogen and oxygen atoms in total. The molecule has 8 amide bonds. The third kappa shape index (κ3) is 30.1. The summed E-state index contributed by atoms with van der Waals surface area (Å²) in [5.74, 6) is -0.252. The van der Waals surface area contributed by atoms with E-state index in [1.807, 2.05) is 141 Å². The predicted octanol–water partition coefficient (Wildman–Crippen LogP) is 16.5. The number of halogens is 3. The molecule has 5 saturated heterocycles. The number of hydrogen-bond acceptors (Lipinski definition) is 15. The van der Waals surface area contributed by atoms with Crippen LogP contribution in [-0.2, 0) is 33.6 Å². The summed E-state index contributed by atoms with van der Waals surface area (Å²) in [6, 6.07) is 87.9. The van der Waals surface area contributed by atoms with Crippen molar-refractivity contribution in [2.45, 2.75) is 131 Å². The van der Waals surface area contributed by atoms with E-state index in [-0.39, 0.29) is 108 Å². The molecule has 6 atom stereocenters. The molecule has 26 heteroatoms. The van der Waals surface area contributed by atoms with Crippen LogP contribution in [0.15, 0.2) is 302 Å². The molecule has 135 heavy (non-hydrogen) atoms. The molecule has 0 unspecified atom stereocenters. The Balaban J connectivity index is 0.000000162. The van der Waals surface area contributed by atoms with Gasteiger partial charge >= 0.3 is 0 Å². The first kappa shape index (κ1) is 98.3. The highest BCUT2D eigenvalue weighted by molar-refractivity contribution is 6.31. The molecule has 5 fully saturated rings. The second kappa shape index (κ2) is 51.1. The lowest BCUT2D eigenvalue weighted by Crippen LogP contribution is -2.51. The quantitative estimate of drug-likeness (QED) is 0.0193. The van der Waals surface area contributed by atoms with Crippen LogP contribution in [-0.4, -0.2) is 210 Å². The standard InChI is InChI=1S/C37H42ClN5O3.C36H36ClN5O3.C36H41ClN4O3/c38-30-16-14-29(15-17-30)35-24-34(41-46-35)36(44)39-25-31-18-23-43(37(45)33(40-31)19-22-42-20-8-3-9-21-42)26-32(27-10-4-1-5-11-27)28-12-6-2-7-13-28;37-29-17-14-26(15-18-29)16-19-34(43)39-24-30-20-22-42(25-31(27-9-3-1-4-10-27)28-11-5-2-6-12-28)36(45)32(40-30)23-35(44)41-33-13-7-8-21-38-33;37-30-17-14-27(15-18-30)16-19-34(42)38-25-31-20-23-41(36(44)33(39-31)24-35(43)40-21-8-3-9-22-40)26-32(28-10-4-1-5-11-28)29-12-6-2-7-13-29/h1-2,4-7,10-17,24,31-33,40H,3,8-9,18-23,25-26H2,(H,39,44);1-19,21,30-32,40H,20,22-25H2,(H,39,43)(H,38,41,44);1-2,4-7,10-19,31-33,39H,3,8-9,20-26H2,(H,38,42)/b;2*19-16+/t31-,33-;30-,32-;31-,33-/m000/s1. The van der Waals surface area contributed by atoms with Gasteiger partial charge in [0.1, 0.15) is 5.82 Å². The molecule has 700 valence electrons. The van der Waals surface area contributed by atoms with Gasteiger partial charge in [-0.3, -0.25) is 38.4 Å². The van der Waals surface area contributed by atoms with Crippen LogP contribution in [0.1, 0.15) is 150 Å². The average molecular weight is 1880 g/mol. The maximum Gasteiger partial charge on any atom is 0.273 e. The van der Waals surface area contributed by atoms with Gasteiger partial charge in [0.25, 0.3) is 5.91 Å². The SMILES string of the molecule is O=C(/C=C/c1ccc(Cl)cc1)NC[C@@H]1CCN(CC(c2ccccc2)c2ccccc2)C(=O)[C@H](CC(=O)N2CCCCC2)N1.O=C(/C=C/c1ccc(Cl)cc1)NC[C@@H]1CCN(CC(c2ccccc2)c2ccccc2)C(=O)[C@H](CC(=O)Nc2ccccn2)N1.O=C(NC[C@@H]1CCN(CC(c2ccccc2)c2ccccc2)C(=O)[C@H](CCN2CCCCC2)N1)c1cc(-c2ccc(Cl)cc2)on1. The monoisotopic (exact) mass is 1870 g/mol. The smallest absolute Gasteiger partial charge is 0.273 e. The van der Waals surface area contributed by atoms with Crippen molar-refractivity contribution >= 4 is 100 Å². The van der Waals surface area contributed by atoms with Gasteiger partial charge in [-0.2, -0.15) is 0 Å². The molecule has 5 aliphatic rings. The first-order chi connectivity index (χ1) is 65.9. The van der Waals surface area contributed by atoms with E-state index in [4.69, 9.17) is 39.3 Å². The Morgan fingerprint density at radius 1 is 0.415 bits per heavy atom. The van der Waals surface area contributed by atoms with Crippen molar-refractivity contribution < 1.29 is 42.9 Å². The molecular weight excluding hydrogens is 1760 g/mol. The summed E-state index contributed by atoms with van der Waals surface area (Å²) in [5, 5.41) is 28.1. The number of aromatic nitrogens is 2. The summed E-state index contributed by atoms with van der Waals surface area (Å²) in [7, 11) is 0. The number of nitrogens with one attached hydrogen (secondary N) is 7. The summed E-state index contributed by atoms with van der Waals surface area (Å²) in [5.41, 5.74) is 9.61. The first-order valence-electron chi connectivity index (χ1n) is 47.0. The Morgan fingerprint density at radius 3 is 1.19 bits per heavy atom. The number of amides is 8. The number of hydrogen-bond donors (Lipinski definition) is 7. The van der Waals surface area contributed by atoms with Crippen molar-refractivity contribution in [1.82, 2.24) is 66.5 Å². The van der Waals surface area contributed by atoms with E-state index in [0.717, 1.165) is 104 Å². The van der Waals surface area contributed by atoms with E-state index in [1.165, 1.54) is 42.5 Å². The fraction of sp³-hybridized carbons (Fsp3) is 0.321. The van der Waals surface area contributed by atoms with Crippen LogP contribution in [0.3, 0.4) is 0 Å². The molecule has 5 aliphatic heterocycles. The number of nitrogens with zero attached hydrogens (tertiary/aromatic N) is 7. The molecule has 7 N–H and O–H groups in total. The number of anilines is 1. The fourth-order valence-electron chi connectivity index (χ4n) is 18.0. The summed E-state index contributed by atoms with van der Waals surface area (Å²) in [6.07, 6.45) is 17.6. The second-order valence-corrected chi connectivity index (χ2v) is 36.3. The summed E-state index contributed by atoms with van der Waals surface area (Å²) >= 11 is 17.9. The van der Waals surface area contributed by atoms with E-state index < -0.39 is 12.1 Å². The molecular formula is C109H119Cl3N14O9. The summed E-state index contributed by atoms with van der Waals surface area (Å²) in [6.45, 7) is 8.72. The van der Waals surface area contributed by atoms with E-state index in [0.29, 0.717) is 98.4 Å². The highest BCUT2D eigenvalue weighted by Crippen LogP contribution is 2.33. The Bertz CT molecular complexity index is 5530. The minimum Gasteiger partial charge on any atom is -0.355 e. The zero-order chi connectivity index (χ0) is 93.9. The van der Waals surface area contributed by atoms with Crippen molar-refractivity contribution in [3.63, 3.8) is 0 Å². The van der Waals surface area contributed by atoms with E-state index >= 15 is 0 Å². The van der Waals surface area contributed by atoms with Crippen LogP contribution in [0.2, 0.25) is 15.1 Å². The van der Waals surface area contributed by atoms with Gasteiger partial charge in [0, 0.05) is 159 Å². The number of rotatable bonds is 32. The number of likely N-dealkylation sites (tertiary alicyclic amines) is 2. The molecule has 0 saturated carbocycles. The first-order valence-corrected chi connectivity index (χ1v) is 48.2. The lowest BCUT2D eigenvalue weighted by Gasteiger charge is -2.31. The summed E-state index contributed by atoms with van der Waals surface area (Å²) in [4.78, 5) is 122. The maximum atomic E-state index is 14.2. The van der Waals surface area contributed by atoms with Gasteiger partial charge in [-0.15, -0.1) is 0 Å². The lowest BCUT2D eigenvalue weighted by atomic mass is 9.90. The lowest BCUT2D eigenvalue weighted by molar-refractivity contribution is -0.139. The third-order valence-electron chi connectivity index (χ3n) is 25.4. The van der Waals surface area contributed by atoms with E-state index in [1.54, 1.807) is 79.0 Å². The molecule has 7 heterocycles. The largest absolute Gasteiger partial charge is 0.355 e. The number of piperidine rings is 2. The highest BCUT2D eigenvalue weighted by Gasteiger charge is 2.39. The topological polar surface area (TPSA) is 276 Å².